The number of nitrogens with one attached hydrogen (secondary N) is 2. The summed E-state index contributed by atoms with van der Waals surface area (Å²) in [7, 11) is 0. The van der Waals surface area contributed by atoms with Gasteiger partial charge in [0.1, 0.15) is 17.8 Å². The van der Waals surface area contributed by atoms with Gasteiger partial charge in [-0.3, -0.25) is 0 Å². The van der Waals surface area contributed by atoms with Crippen molar-refractivity contribution < 1.29 is 8.91 Å². The molecule has 0 radical (unpaired) electrons. The minimum absolute atomic E-state index is 0. The zero-order valence-electron chi connectivity index (χ0n) is 12.6. The minimum Gasteiger partial charge on any atom is -0.364 e. The number of aliphatic imine (C=N–C) groups is 1. The Bertz CT molecular complexity index is 602. The van der Waals surface area contributed by atoms with Gasteiger partial charge in [-0.2, -0.15) is 0 Å². The van der Waals surface area contributed by atoms with Crippen LogP contribution in [0.4, 0.5) is 4.39 Å². The number of hydrogen-bond acceptors (Lipinski definition) is 3. The fourth-order valence-corrected chi connectivity index (χ4v) is 1.75. The Hall–Kier alpha value is -1.64. The Morgan fingerprint density at radius 1 is 1.32 bits per heavy atom. The summed E-state index contributed by atoms with van der Waals surface area (Å²) in [5.74, 6) is 0.449. The van der Waals surface area contributed by atoms with E-state index in [4.69, 9.17) is 4.52 Å². The molecular formula is C15H20FIN4O. The average molecular weight is 418 g/mol. The largest absolute Gasteiger partial charge is 0.364 e. The molecule has 0 aliphatic rings. The number of guanidine groups is 1. The van der Waals surface area contributed by atoms with Crippen LogP contribution in [0.5, 0.6) is 0 Å². The first-order valence-corrected chi connectivity index (χ1v) is 6.85. The average Bonchev–Trinajstić information content (AvgIpc) is 2.99. The smallest absolute Gasteiger partial charge is 0.191 e. The molecule has 1 heterocycles. The summed E-state index contributed by atoms with van der Waals surface area (Å²) in [6.45, 7) is 5.40. The highest BCUT2D eigenvalue weighted by Crippen LogP contribution is 2.09. The van der Waals surface area contributed by atoms with Crippen molar-refractivity contribution >= 4 is 29.9 Å². The molecule has 0 unspecified atom stereocenters. The number of aryl methyl sites for hydroxylation is 1. The van der Waals surface area contributed by atoms with Gasteiger partial charge in [-0.05, 0) is 31.0 Å². The lowest BCUT2D eigenvalue weighted by Gasteiger charge is -2.10. The molecule has 7 heteroatoms. The highest BCUT2D eigenvalue weighted by Gasteiger charge is 2.02. The number of nitrogens with zero attached hydrogens (tertiary/aromatic N) is 2. The van der Waals surface area contributed by atoms with Crippen molar-refractivity contribution in [2.24, 2.45) is 4.99 Å². The van der Waals surface area contributed by atoms with Gasteiger partial charge in [-0.25, -0.2) is 9.38 Å². The third-order valence-electron chi connectivity index (χ3n) is 2.93. The zero-order chi connectivity index (χ0) is 15.1. The van der Waals surface area contributed by atoms with Crippen molar-refractivity contribution in [3.8, 4) is 0 Å². The molecule has 2 N–H and O–H groups in total. The van der Waals surface area contributed by atoms with Crippen LogP contribution in [0.15, 0.2) is 40.0 Å². The van der Waals surface area contributed by atoms with Crippen LogP contribution in [0.3, 0.4) is 0 Å². The Morgan fingerprint density at radius 2 is 2.14 bits per heavy atom. The van der Waals surface area contributed by atoms with Crippen LogP contribution in [0.2, 0.25) is 0 Å². The van der Waals surface area contributed by atoms with Gasteiger partial charge in [-0.15, -0.1) is 24.0 Å². The van der Waals surface area contributed by atoms with Crippen molar-refractivity contribution in [1.29, 1.82) is 0 Å². The standard InChI is InChI=1S/C15H19FN4O.HI/c1-3-17-15(19-10-13-6-7-21-20-13)18-9-12-5-4-11(2)14(16)8-12;/h4-8H,3,9-10H2,1-2H3,(H2,17,18,19);1H. The molecule has 0 fully saturated rings. The SMILES string of the molecule is CCNC(=NCc1ccc(C)c(F)c1)NCc1ccon1.I. The van der Waals surface area contributed by atoms with Gasteiger partial charge in [0, 0.05) is 12.6 Å². The van der Waals surface area contributed by atoms with Gasteiger partial charge in [0.05, 0.1) is 13.1 Å². The lowest BCUT2D eigenvalue weighted by atomic mass is 10.1. The molecule has 0 saturated carbocycles. The summed E-state index contributed by atoms with van der Waals surface area (Å²) in [6.07, 6.45) is 1.52. The fourth-order valence-electron chi connectivity index (χ4n) is 1.75. The Morgan fingerprint density at radius 3 is 2.77 bits per heavy atom. The van der Waals surface area contributed by atoms with E-state index in [2.05, 4.69) is 20.8 Å². The van der Waals surface area contributed by atoms with Gasteiger partial charge in [0.2, 0.25) is 0 Å². The summed E-state index contributed by atoms with van der Waals surface area (Å²) in [5.41, 5.74) is 2.26. The topological polar surface area (TPSA) is 62.5 Å². The molecule has 0 bridgehead atoms. The Kier molecular flexibility index (Phi) is 7.86. The number of rotatable bonds is 5. The van der Waals surface area contributed by atoms with Crippen LogP contribution in [0.1, 0.15) is 23.7 Å². The van der Waals surface area contributed by atoms with Crippen LogP contribution in [-0.4, -0.2) is 17.7 Å². The second-order valence-corrected chi connectivity index (χ2v) is 4.62. The van der Waals surface area contributed by atoms with Gasteiger partial charge >= 0.3 is 0 Å². The van der Waals surface area contributed by atoms with Crippen molar-refractivity contribution in [3.05, 3.63) is 53.2 Å². The van der Waals surface area contributed by atoms with Crippen LogP contribution < -0.4 is 10.6 Å². The first-order valence-electron chi connectivity index (χ1n) is 6.85. The maximum atomic E-state index is 13.5. The molecule has 0 aliphatic carbocycles. The monoisotopic (exact) mass is 418 g/mol. The van der Waals surface area contributed by atoms with Crippen LogP contribution in [0.25, 0.3) is 0 Å². The molecule has 0 spiro atoms. The molecule has 2 rings (SSSR count). The minimum atomic E-state index is -0.205. The maximum Gasteiger partial charge on any atom is 0.191 e. The quantitative estimate of drug-likeness (QED) is 0.445. The van der Waals surface area contributed by atoms with E-state index < -0.39 is 0 Å². The number of halogens is 2. The summed E-state index contributed by atoms with van der Waals surface area (Å²) in [4.78, 5) is 4.42. The van der Waals surface area contributed by atoms with Crippen molar-refractivity contribution in [3.63, 3.8) is 0 Å². The highest BCUT2D eigenvalue weighted by atomic mass is 127. The molecule has 0 aliphatic heterocycles. The van der Waals surface area contributed by atoms with Gasteiger partial charge < -0.3 is 15.2 Å². The van der Waals surface area contributed by atoms with Crippen molar-refractivity contribution in [2.75, 3.05) is 6.54 Å². The van der Waals surface area contributed by atoms with E-state index in [0.717, 1.165) is 17.8 Å². The lowest BCUT2D eigenvalue weighted by molar-refractivity contribution is 0.410. The first kappa shape index (κ1) is 18.4. The first-order chi connectivity index (χ1) is 10.2. The highest BCUT2D eigenvalue weighted by molar-refractivity contribution is 14.0. The molecule has 0 atom stereocenters. The molecule has 0 saturated heterocycles. The third-order valence-corrected chi connectivity index (χ3v) is 2.93. The normalized spacial score (nSPS) is 11.0. The predicted molar refractivity (Wildman–Crippen MR) is 94.7 cm³/mol. The van der Waals surface area contributed by atoms with E-state index in [1.807, 2.05) is 13.0 Å². The molecule has 120 valence electrons. The molecule has 5 nitrogen and oxygen atoms in total. The summed E-state index contributed by atoms with van der Waals surface area (Å²) >= 11 is 0. The van der Waals surface area contributed by atoms with Gasteiger partial charge in [0.15, 0.2) is 5.96 Å². The van der Waals surface area contributed by atoms with Crippen molar-refractivity contribution in [1.82, 2.24) is 15.8 Å². The molecular weight excluding hydrogens is 398 g/mol. The third kappa shape index (κ3) is 5.63. The van der Waals surface area contributed by atoms with E-state index in [9.17, 15) is 4.39 Å². The second kappa shape index (κ2) is 9.39. The van der Waals surface area contributed by atoms with Crippen LogP contribution in [0, 0.1) is 12.7 Å². The molecule has 2 aromatic rings. The number of hydrogen-bond donors (Lipinski definition) is 2. The van der Waals surface area contributed by atoms with Gasteiger partial charge in [-0.1, -0.05) is 17.3 Å². The summed E-state index contributed by atoms with van der Waals surface area (Å²) < 4.78 is 18.3. The molecule has 22 heavy (non-hydrogen) atoms. The number of aromatic nitrogens is 1. The summed E-state index contributed by atoms with van der Waals surface area (Å²) in [5, 5.41) is 10.1. The van der Waals surface area contributed by atoms with Crippen molar-refractivity contribution in [2.45, 2.75) is 26.9 Å². The van der Waals surface area contributed by atoms with E-state index in [0.29, 0.717) is 24.6 Å². The maximum absolute atomic E-state index is 13.5. The lowest BCUT2D eigenvalue weighted by Crippen LogP contribution is -2.36. The number of benzene rings is 1. The van der Waals surface area contributed by atoms with Crippen LogP contribution >= 0.6 is 24.0 Å². The molecule has 1 aromatic carbocycles. The second-order valence-electron chi connectivity index (χ2n) is 4.62. The van der Waals surface area contributed by atoms with E-state index in [1.54, 1.807) is 19.1 Å². The van der Waals surface area contributed by atoms with E-state index >= 15 is 0 Å². The zero-order valence-corrected chi connectivity index (χ0v) is 14.9. The van der Waals surface area contributed by atoms with Gasteiger partial charge in [0.25, 0.3) is 0 Å². The van der Waals surface area contributed by atoms with E-state index in [1.165, 1.54) is 12.3 Å². The molecule has 0 amide bonds. The predicted octanol–water partition coefficient (Wildman–Crippen LogP) is 3.00. The van der Waals surface area contributed by atoms with E-state index in [-0.39, 0.29) is 29.8 Å². The summed E-state index contributed by atoms with van der Waals surface area (Å²) in [6, 6.07) is 6.94. The molecule has 1 aromatic heterocycles. The Balaban J connectivity index is 0.00000242. The van der Waals surface area contributed by atoms with Crippen LogP contribution in [-0.2, 0) is 13.1 Å². The fraction of sp³-hybridized carbons (Fsp3) is 0.333. The Labute approximate surface area is 146 Å².